The molecule has 0 aliphatic heterocycles. The van der Waals surface area contributed by atoms with E-state index in [0.717, 1.165) is 31.1 Å². The summed E-state index contributed by atoms with van der Waals surface area (Å²) in [5.41, 5.74) is 0.0781. The first kappa shape index (κ1) is 18.7. The van der Waals surface area contributed by atoms with E-state index < -0.39 is 0 Å². The number of unbranched alkanes of at least 4 members (excludes halogenated alkanes) is 1. The van der Waals surface area contributed by atoms with Crippen molar-refractivity contribution in [2.24, 2.45) is 17.5 Å². The number of aryl methyl sites for hydroxylation is 2. The first-order chi connectivity index (χ1) is 10.1. The summed E-state index contributed by atoms with van der Waals surface area (Å²) in [6.07, 6.45) is 7.51. The zero-order valence-corrected chi connectivity index (χ0v) is 15.7. The average molecular weight is 308 g/mol. The van der Waals surface area contributed by atoms with Crippen LogP contribution >= 0.6 is 0 Å². The van der Waals surface area contributed by atoms with E-state index in [2.05, 4.69) is 63.1 Å². The molecule has 4 heteroatoms. The number of aromatic nitrogens is 2. The van der Waals surface area contributed by atoms with Crippen LogP contribution in [0.25, 0.3) is 0 Å². The molecular weight excluding hydrogens is 274 g/mol. The molecular formula is C18H34N3O+. The van der Waals surface area contributed by atoms with Crippen molar-refractivity contribution in [3.05, 3.63) is 18.2 Å². The maximum atomic E-state index is 5.65. The number of hydrogen-bond acceptors (Lipinski definition) is 2. The van der Waals surface area contributed by atoms with Crippen molar-refractivity contribution in [3.8, 4) is 0 Å². The summed E-state index contributed by atoms with van der Waals surface area (Å²) >= 11 is 0. The minimum atomic E-state index is -0.156. The van der Waals surface area contributed by atoms with Gasteiger partial charge in [-0.1, -0.05) is 34.1 Å². The van der Waals surface area contributed by atoms with Crippen LogP contribution in [0.1, 0.15) is 66.6 Å². The van der Waals surface area contributed by atoms with Gasteiger partial charge in [0.15, 0.2) is 0 Å². The van der Waals surface area contributed by atoms with E-state index in [0.29, 0.717) is 0 Å². The predicted octanol–water partition coefficient (Wildman–Crippen LogP) is 3.72. The molecule has 0 aromatic carbocycles. The fourth-order valence-corrected chi connectivity index (χ4v) is 3.11. The lowest BCUT2D eigenvalue weighted by molar-refractivity contribution is -0.672. The summed E-state index contributed by atoms with van der Waals surface area (Å²) in [4.78, 5) is 4.94. The largest absolute Gasteiger partial charge is 0.475 e. The van der Waals surface area contributed by atoms with Crippen LogP contribution in [0.15, 0.2) is 17.4 Å². The topological polar surface area (TPSA) is 30.4 Å². The summed E-state index contributed by atoms with van der Waals surface area (Å²) in [6.45, 7) is 14.3. The minimum absolute atomic E-state index is 0.156. The normalized spacial score (nSPS) is 13.5. The van der Waals surface area contributed by atoms with Crippen molar-refractivity contribution in [2.75, 3.05) is 7.11 Å². The third-order valence-corrected chi connectivity index (χ3v) is 3.58. The van der Waals surface area contributed by atoms with Gasteiger partial charge in [-0.3, -0.25) is 0 Å². The summed E-state index contributed by atoms with van der Waals surface area (Å²) in [5.74, 6) is 1.76. The Bertz CT molecular complexity index is 507. The Kier molecular flexibility index (Phi) is 6.21. The van der Waals surface area contributed by atoms with Crippen molar-refractivity contribution in [1.29, 1.82) is 0 Å². The van der Waals surface area contributed by atoms with E-state index in [4.69, 9.17) is 9.73 Å². The summed E-state index contributed by atoms with van der Waals surface area (Å²) in [7, 11) is 3.76. The zero-order chi connectivity index (χ0) is 17.0. The Morgan fingerprint density at radius 2 is 1.91 bits per heavy atom. The van der Waals surface area contributed by atoms with Gasteiger partial charge < -0.3 is 4.74 Å². The molecule has 0 aliphatic carbocycles. The molecule has 0 saturated carbocycles. The number of aliphatic imine (C=N–C) groups is 1. The van der Waals surface area contributed by atoms with E-state index in [9.17, 15) is 0 Å². The van der Waals surface area contributed by atoms with Crippen molar-refractivity contribution in [2.45, 2.75) is 72.9 Å². The number of hydrogen-bond donors (Lipinski definition) is 0. The third-order valence-electron chi connectivity index (χ3n) is 3.58. The molecule has 0 saturated heterocycles. The molecule has 0 bridgehead atoms. The first-order valence-corrected chi connectivity index (χ1v) is 8.28. The maximum Gasteiger partial charge on any atom is 0.344 e. The molecule has 0 radical (unpaired) electrons. The van der Waals surface area contributed by atoms with Crippen LogP contribution < -0.4 is 4.57 Å². The van der Waals surface area contributed by atoms with Crippen LogP contribution in [-0.4, -0.2) is 23.1 Å². The van der Waals surface area contributed by atoms with Crippen LogP contribution in [0.5, 0.6) is 0 Å². The van der Waals surface area contributed by atoms with Gasteiger partial charge in [0.05, 0.1) is 26.2 Å². The lowest BCUT2D eigenvalue weighted by atomic mass is 9.82. The highest BCUT2D eigenvalue weighted by Crippen LogP contribution is 2.30. The number of methoxy groups -OCH3 is 1. The van der Waals surface area contributed by atoms with Gasteiger partial charge in [-0.2, -0.15) is 0 Å². The summed E-state index contributed by atoms with van der Waals surface area (Å²) in [5, 5.41) is 0. The van der Waals surface area contributed by atoms with Gasteiger partial charge in [-0.25, -0.2) is 14.1 Å². The number of ether oxygens (including phenoxy) is 1. The SMILES string of the molecule is CCCCn1cc[n+](C)c1C(=NC(C)(C)CC(C)(C)C)OC. The molecule has 0 fully saturated rings. The van der Waals surface area contributed by atoms with Crippen LogP contribution in [0.2, 0.25) is 0 Å². The molecule has 0 amide bonds. The number of rotatable bonds is 6. The smallest absolute Gasteiger partial charge is 0.344 e. The fraction of sp³-hybridized carbons (Fsp3) is 0.778. The van der Waals surface area contributed by atoms with Gasteiger partial charge in [0.1, 0.15) is 12.4 Å². The monoisotopic (exact) mass is 308 g/mol. The van der Waals surface area contributed by atoms with Crippen molar-refractivity contribution >= 4 is 5.90 Å². The molecule has 1 aromatic rings. The number of nitrogens with zero attached hydrogens (tertiary/aromatic N) is 3. The van der Waals surface area contributed by atoms with Crippen LogP contribution in [-0.2, 0) is 18.3 Å². The molecule has 1 rings (SSSR count). The van der Waals surface area contributed by atoms with Crippen molar-refractivity contribution < 1.29 is 9.30 Å². The van der Waals surface area contributed by atoms with Gasteiger partial charge >= 0.3 is 11.7 Å². The van der Waals surface area contributed by atoms with E-state index in [1.54, 1.807) is 7.11 Å². The molecule has 1 heterocycles. The van der Waals surface area contributed by atoms with Gasteiger partial charge in [0, 0.05) is 0 Å². The maximum absolute atomic E-state index is 5.65. The van der Waals surface area contributed by atoms with E-state index in [1.807, 2.05) is 7.05 Å². The third kappa shape index (κ3) is 5.47. The standard InChI is InChI=1S/C18H34N3O/c1-9-10-11-21-13-12-20(7)16(21)15(22-8)19-18(5,6)14-17(2,3)4/h12-13H,9-11,14H2,1-8H3/q+1. The van der Waals surface area contributed by atoms with Crippen molar-refractivity contribution in [1.82, 2.24) is 4.57 Å². The molecule has 0 unspecified atom stereocenters. The lowest BCUT2D eigenvalue weighted by Crippen LogP contribution is -2.38. The summed E-state index contributed by atoms with van der Waals surface area (Å²) in [6, 6.07) is 0. The minimum Gasteiger partial charge on any atom is -0.475 e. The molecule has 0 spiro atoms. The van der Waals surface area contributed by atoms with Crippen LogP contribution in [0, 0.1) is 5.41 Å². The second-order valence-electron chi connectivity index (χ2n) is 7.95. The Balaban J connectivity index is 3.15. The van der Waals surface area contributed by atoms with Gasteiger partial charge in [-0.05, 0) is 32.1 Å². The quantitative estimate of drug-likeness (QED) is 0.447. The second kappa shape index (κ2) is 7.30. The van der Waals surface area contributed by atoms with E-state index in [-0.39, 0.29) is 11.0 Å². The van der Waals surface area contributed by atoms with Crippen LogP contribution in [0.3, 0.4) is 0 Å². The Hall–Kier alpha value is -1.32. The Morgan fingerprint density at radius 3 is 2.41 bits per heavy atom. The molecule has 22 heavy (non-hydrogen) atoms. The lowest BCUT2D eigenvalue weighted by Gasteiger charge is -2.29. The van der Waals surface area contributed by atoms with E-state index in [1.165, 1.54) is 6.42 Å². The van der Waals surface area contributed by atoms with Gasteiger partial charge in [0.25, 0.3) is 0 Å². The van der Waals surface area contributed by atoms with Gasteiger partial charge in [0.2, 0.25) is 0 Å². The van der Waals surface area contributed by atoms with Crippen LogP contribution in [0.4, 0.5) is 0 Å². The summed E-state index contributed by atoms with van der Waals surface area (Å²) < 4.78 is 9.98. The highest BCUT2D eigenvalue weighted by atomic mass is 16.5. The zero-order valence-electron chi connectivity index (χ0n) is 15.7. The van der Waals surface area contributed by atoms with Crippen molar-refractivity contribution in [3.63, 3.8) is 0 Å². The fourth-order valence-electron chi connectivity index (χ4n) is 3.11. The highest BCUT2D eigenvalue weighted by Gasteiger charge is 2.29. The van der Waals surface area contributed by atoms with E-state index >= 15 is 0 Å². The average Bonchev–Trinajstić information content (AvgIpc) is 2.72. The Labute approximate surface area is 136 Å². The molecule has 4 nitrogen and oxygen atoms in total. The highest BCUT2D eigenvalue weighted by molar-refractivity contribution is 5.89. The Morgan fingerprint density at radius 1 is 1.27 bits per heavy atom. The molecule has 126 valence electrons. The van der Waals surface area contributed by atoms with Gasteiger partial charge in [-0.15, -0.1) is 0 Å². The molecule has 0 N–H and O–H groups in total. The predicted molar refractivity (Wildman–Crippen MR) is 92.2 cm³/mol. The molecule has 0 atom stereocenters. The molecule has 1 aromatic heterocycles. The second-order valence-corrected chi connectivity index (χ2v) is 7.95. The number of imidazole rings is 1. The molecule has 0 aliphatic rings. The first-order valence-electron chi connectivity index (χ1n) is 8.28.